The first-order valence-electron chi connectivity index (χ1n) is 11.7. The van der Waals surface area contributed by atoms with E-state index in [1.165, 1.54) is 16.7 Å². The van der Waals surface area contributed by atoms with Crippen LogP contribution in [0.4, 0.5) is 11.4 Å². The van der Waals surface area contributed by atoms with Gasteiger partial charge in [0.25, 0.3) is 5.91 Å². The Morgan fingerprint density at radius 3 is 2.38 bits per heavy atom. The number of carbonyl (C=O) groups is 3. The highest BCUT2D eigenvalue weighted by Crippen LogP contribution is 2.40. The lowest BCUT2D eigenvalue weighted by atomic mass is 10.2. The normalized spacial score (nSPS) is 20.5. The predicted molar refractivity (Wildman–Crippen MR) is 134 cm³/mol. The van der Waals surface area contributed by atoms with Crippen LogP contribution < -0.4 is 9.80 Å². The van der Waals surface area contributed by atoms with Crippen LogP contribution in [0.1, 0.15) is 12.8 Å². The number of rotatable bonds is 4. The van der Waals surface area contributed by atoms with Gasteiger partial charge in [-0.15, -0.1) is 11.8 Å². The van der Waals surface area contributed by atoms with E-state index in [4.69, 9.17) is 11.6 Å². The minimum absolute atomic E-state index is 0.0582. The van der Waals surface area contributed by atoms with Crippen molar-refractivity contribution in [1.82, 2.24) is 9.80 Å². The lowest BCUT2D eigenvalue weighted by molar-refractivity contribution is -0.135. The molecule has 9 heteroatoms. The predicted octanol–water partition coefficient (Wildman–Crippen LogP) is 3.12. The van der Waals surface area contributed by atoms with Crippen molar-refractivity contribution < 1.29 is 14.4 Å². The summed E-state index contributed by atoms with van der Waals surface area (Å²) in [7, 11) is 0. The number of hydrogen-bond acceptors (Lipinski definition) is 5. The Morgan fingerprint density at radius 2 is 1.65 bits per heavy atom. The molecule has 0 N–H and O–H groups in total. The Kier molecular flexibility index (Phi) is 6.70. The summed E-state index contributed by atoms with van der Waals surface area (Å²) in [5.41, 5.74) is 1.74. The summed E-state index contributed by atoms with van der Waals surface area (Å²) in [6.07, 6.45) is 1.94. The second-order valence-electron chi connectivity index (χ2n) is 8.77. The van der Waals surface area contributed by atoms with Gasteiger partial charge in [0.05, 0.1) is 5.69 Å². The summed E-state index contributed by atoms with van der Waals surface area (Å²) >= 11 is 7.43. The average molecular weight is 499 g/mol. The van der Waals surface area contributed by atoms with Crippen LogP contribution >= 0.6 is 23.4 Å². The second-order valence-corrected chi connectivity index (χ2v) is 10.4. The van der Waals surface area contributed by atoms with E-state index in [9.17, 15) is 14.4 Å². The number of halogens is 1. The molecule has 7 nitrogen and oxygen atoms in total. The van der Waals surface area contributed by atoms with Crippen molar-refractivity contribution in [3.05, 3.63) is 53.6 Å². The van der Waals surface area contributed by atoms with Crippen LogP contribution in [-0.2, 0) is 14.4 Å². The zero-order chi connectivity index (χ0) is 23.7. The van der Waals surface area contributed by atoms with Crippen LogP contribution in [0.15, 0.2) is 53.4 Å². The fraction of sp³-hybridized carbons (Fsp3) is 0.400. The smallest absolute Gasteiger partial charge is 0.250 e. The van der Waals surface area contributed by atoms with E-state index in [1.807, 2.05) is 48.5 Å². The van der Waals surface area contributed by atoms with Crippen LogP contribution in [0.2, 0.25) is 5.02 Å². The van der Waals surface area contributed by atoms with Crippen molar-refractivity contribution in [2.45, 2.75) is 23.0 Å². The maximum absolute atomic E-state index is 13.4. The monoisotopic (exact) mass is 498 g/mol. The number of likely N-dealkylation sites (tertiary alicyclic amines) is 1. The SMILES string of the molecule is O=C(CN1C(=O)[C@H](C(=O)N2CCCC2)Sc2ccccc21)N1CCN(c2cccc(Cl)c2)CC1. The lowest BCUT2D eigenvalue weighted by Crippen LogP contribution is -2.55. The molecule has 0 saturated carbocycles. The van der Waals surface area contributed by atoms with E-state index in [-0.39, 0.29) is 24.3 Å². The summed E-state index contributed by atoms with van der Waals surface area (Å²) in [6.45, 7) is 3.86. The molecule has 34 heavy (non-hydrogen) atoms. The van der Waals surface area contributed by atoms with Gasteiger partial charge in [0.1, 0.15) is 6.54 Å². The summed E-state index contributed by atoms with van der Waals surface area (Å²) < 4.78 is 0. The number of anilines is 2. The van der Waals surface area contributed by atoms with Gasteiger partial charge in [-0.1, -0.05) is 29.8 Å². The van der Waals surface area contributed by atoms with Gasteiger partial charge < -0.3 is 19.6 Å². The largest absolute Gasteiger partial charge is 0.368 e. The second kappa shape index (κ2) is 9.88. The number of piperazine rings is 1. The van der Waals surface area contributed by atoms with E-state index in [0.29, 0.717) is 50.0 Å². The Bertz CT molecular complexity index is 1100. The van der Waals surface area contributed by atoms with Gasteiger partial charge in [-0.2, -0.15) is 0 Å². The van der Waals surface area contributed by atoms with Crippen LogP contribution in [0, 0.1) is 0 Å². The number of benzene rings is 2. The Hall–Kier alpha value is -2.71. The zero-order valence-electron chi connectivity index (χ0n) is 18.9. The van der Waals surface area contributed by atoms with Gasteiger partial charge in [0.2, 0.25) is 11.8 Å². The molecular weight excluding hydrogens is 472 g/mol. The molecule has 0 aromatic heterocycles. The summed E-state index contributed by atoms with van der Waals surface area (Å²) in [6, 6.07) is 15.2. The third-order valence-electron chi connectivity index (χ3n) is 6.63. The van der Waals surface area contributed by atoms with E-state index >= 15 is 0 Å². The van der Waals surface area contributed by atoms with Gasteiger partial charge in [0.15, 0.2) is 5.25 Å². The number of carbonyl (C=O) groups excluding carboxylic acids is 3. The minimum atomic E-state index is -0.833. The van der Waals surface area contributed by atoms with Crippen LogP contribution in [0.3, 0.4) is 0 Å². The van der Waals surface area contributed by atoms with Crippen molar-refractivity contribution >= 4 is 52.5 Å². The maximum atomic E-state index is 13.4. The van der Waals surface area contributed by atoms with Crippen LogP contribution in [0.5, 0.6) is 0 Å². The van der Waals surface area contributed by atoms with Crippen molar-refractivity contribution in [2.75, 3.05) is 55.6 Å². The van der Waals surface area contributed by atoms with Crippen molar-refractivity contribution in [2.24, 2.45) is 0 Å². The molecular formula is C25H27ClN4O3S. The lowest BCUT2D eigenvalue weighted by Gasteiger charge is -2.38. The standard InChI is InChI=1S/C25H27ClN4O3S/c26-18-6-5-7-19(16-18)27-12-14-28(15-13-27)22(31)17-30-20-8-1-2-9-21(20)34-23(25(30)33)24(32)29-10-3-4-11-29/h1-2,5-9,16,23H,3-4,10-15,17H2/t23-/m0/s1. The molecule has 0 radical (unpaired) electrons. The highest BCUT2D eigenvalue weighted by atomic mass is 35.5. The van der Waals surface area contributed by atoms with Gasteiger partial charge in [0, 0.05) is 54.9 Å². The molecule has 3 amide bonds. The molecule has 2 aromatic carbocycles. The number of hydrogen-bond donors (Lipinski definition) is 0. The number of para-hydroxylation sites is 1. The summed E-state index contributed by atoms with van der Waals surface area (Å²) in [5.74, 6) is -0.547. The number of nitrogens with zero attached hydrogens (tertiary/aromatic N) is 4. The molecule has 0 bridgehead atoms. The molecule has 2 saturated heterocycles. The van der Waals surface area contributed by atoms with Gasteiger partial charge in [-0.25, -0.2) is 0 Å². The van der Waals surface area contributed by atoms with Gasteiger partial charge >= 0.3 is 0 Å². The molecule has 0 unspecified atom stereocenters. The Balaban J connectivity index is 1.28. The number of amides is 3. The van der Waals surface area contributed by atoms with Crippen molar-refractivity contribution in [3.8, 4) is 0 Å². The van der Waals surface area contributed by atoms with E-state index in [0.717, 1.165) is 23.4 Å². The maximum Gasteiger partial charge on any atom is 0.250 e. The molecule has 2 aromatic rings. The Labute approximate surface area is 208 Å². The first-order chi connectivity index (χ1) is 16.5. The Morgan fingerprint density at radius 1 is 0.912 bits per heavy atom. The molecule has 3 aliphatic heterocycles. The minimum Gasteiger partial charge on any atom is -0.368 e. The highest BCUT2D eigenvalue weighted by Gasteiger charge is 2.41. The topological polar surface area (TPSA) is 64.2 Å². The molecule has 0 spiro atoms. The van der Waals surface area contributed by atoms with Crippen molar-refractivity contribution in [3.63, 3.8) is 0 Å². The molecule has 1 atom stereocenters. The highest BCUT2D eigenvalue weighted by molar-refractivity contribution is 8.01. The molecule has 178 valence electrons. The molecule has 3 heterocycles. The zero-order valence-corrected chi connectivity index (χ0v) is 20.4. The molecule has 0 aliphatic carbocycles. The number of thioether (sulfide) groups is 1. The first kappa shape index (κ1) is 23.1. The van der Waals surface area contributed by atoms with Crippen molar-refractivity contribution in [1.29, 1.82) is 0 Å². The van der Waals surface area contributed by atoms with Gasteiger partial charge in [-0.05, 0) is 43.2 Å². The number of fused-ring (bicyclic) bond motifs is 1. The van der Waals surface area contributed by atoms with E-state index < -0.39 is 5.25 Å². The fourth-order valence-corrected chi connectivity index (χ4v) is 6.13. The van der Waals surface area contributed by atoms with E-state index in [1.54, 1.807) is 9.80 Å². The third kappa shape index (κ3) is 4.61. The van der Waals surface area contributed by atoms with Gasteiger partial charge in [-0.3, -0.25) is 14.4 Å². The molecule has 5 rings (SSSR count). The molecule has 3 aliphatic rings. The first-order valence-corrected chi connectivity index (χ1v) is 12.9. The molecule has 2 fully saturated rings. The summed E-state index contributed by atoms with van der Waals surface area (Å²) in [5, 5.41) is -0.144. The van der Waals surface area contributed by atoms with E-state index in [2.05, 4.69) is 4.90 Å². The van der Waals surface area contributed by atoms with Crippen LogP contribution in [0.25, 0.3) is 0 Å². The average Bonchev–Trinajstić information content (AvgIpc) is 3.40. The van der Waals surface area contributed by atoms with Crippen LogP contribution in [-0.4, -0.2) is 78.6 Å². The fourth-order valence-electron chi connectivity index (χ4n) is 4.76. The third-order valence-corrected chi connectivity index (χ3v) is 8.11. The quantitative estimate of drug-likeness (QED) is 0.606. The summed E-state index contributed by atoms with van der Waals surface area (Å²) in [4.78, 5) is 47.9.